The topological polar surface area (TPSA) is 0 Å². The summed E-state index contributed by atoms with van der Waals surface area (Å²) in [5.41, 5.74) is 0. The third-order valence-corrected chi connectivity index (χ3v) is 8.45. The summed E-state index contributed by atoms with van der Waals surface area (Å²) in [6.45, 7) is 5.16. The van der Waals surface area contributed by atoms with Crippen molar-refractivity contribution >= 4 is 12.6 Å². The van der Waals surface area contributed by atoms with Crippen LogP contribution < -0.4 is 5.30 Å². The maximum Gasteiger partial charge on any atom is 0.207 e. The molecule has 0 aliphatic carbocycles. The van der Waals surface area contributed by atoms with Crippen LogP contribution in [0.2, 0.25) is 0 Å². The van der Waals surface area contributed by atoms with Gasteiger partial charge in [-0.05, 0) is 20.8 Å². The first kappa shape index (κ1) is 19.0. The van der Waals surface area contributed by atoms with Crippen molar-refractivity contribution < 1.29 is 44.3 Å². The summed E-state index contributed by atoms with van der Waals surface area (Å²) in [4.78, 5) is 0. The van der Waals surface area contributed by atoms with Crippen LogP contribution >= 0.6 is 7.26 Å². The molecule has 7 heteroatoms. The molecule has 0 atom stereocenters. The van der Waals surface area contributed by atoms with Crippen LogP contribution in [0.15, 0.2) is 0 Å². The predicted octanol–water partition coefficient (Wildman–Crippen LogP) is 4.08. The molecule has 0 unspecified atom stereocenters. The standard InChI is InChI=1S/C12H15F5P.Au/c1-4-18(5-2,6-3)12-10(16)8(14)7(13)9(15)11(12)17;/h4-6H2,1-3H3;/q+1;. The first-order valence-electron chi connectivity index (χ1n) is 5.74. The van der Waals surface area contributed by atoms with E-state index in [2.05, 4.69) is 0 Å². The fourth-order valence-corrected chi connectivity index (χ4v) is 5.47. The Morgan fingerprint density at radius 1 is 0.632 bits per heavy atom. The first-order valence-corrected chi connectivity index (χ1v) is 8.08. The van der Waals surface area contributed by atoms with E-state index in [9.17, 15) is 22.0 Å². The molecule has 0 saturated heterocycles. The minimum Gasteiger partial charge on any atom is -0.200 e. The molecule has 0 aliphatic heterocycles. The van der Waals surface area contributed by atoms with E-state index in [-0.39, 0.29) is 22.4 Å². The normalized spacial score (nSPS) is 11.4. The average molecular weight is 482 g/mol. The van der Waals surface area contributed by atoms with Crippen LogP contribution in [0.5, 0.6) is 0 Å². The second-order valence-corrected chi connectivity index (χ2v) is 8.65. The van der Waals surface area contributed by atoms with Gasteiger partial charge < -0.3 is 0 Å². The van der Waals surface area contributed by atoms with E-state index >= 15 is 0 Å². The van der Waals surface area contributed by atoms with Crippen LogP contribution in [-0.2, 0) is 22.4 Å². The molecular formula is C12H15AuF5P+. The van der Waals surface area contributed by atoms with Crippen LogP contribution in [0, 0.1) is 29.1 Å². The minimum atomic E-state index is -2.34. The van der Waals surface area contributed by atoms with Gasteiger partial charge in [0.25, 0.3) is 0 Å². The van der Waals surface area contributed by atoms with Crippen molar-refractivity contribution in [3.8, 4) is 0 Å². The van der Waals surface area contributed by atoms with Gasteiger partial charge in [-0.15, -0.1) is 0 Å². The van der Waals surface area contributed by atoms with Crippen LogP contribution in [0.4, 0.5) is 22.0 Å². The third-order valence-electron chi connectivity index (χ3n) is 3.48. The van der Waals surface area contributed by atoms with Gasteiger partial charge in [0.1, 0.15) is 0 Å². The van der Waals surface area contributed by atoms with E-state index in [0.29, 0.717) is 18.5 Å². The van der Waals surface area contributed by atoms with Gasteiger partial charge in [0, 0.05) is 22.4 Å². The van der Waals surface area contributed by atoms with Crippen molar-refractivity contribution in [2.45, 2.75) is 20.8 Å². The summed E-state index contributed by atoms with van der Waals surface area (Å²) in [7, 11) is -2.34. The van der Waals surface area contributed by atoms with Crippen molar-refractivity contribution in [3.63, 3.8) is 0 Å². The van der Waals surface area contributed by atoms with Gasteiger partial charge >= 0.3 is 0 Å². The molecule has 0 heterocycles. The molecule has 1 radical (unpaired) electrons. The second-order valence-electron chi connectivity index (χ2n) is 4.01. The fraction of sp³-hybridized carbons (Fsp3) is 0.500. The van der Waals surface area contributed by atoms with Gasteiger partial charge in [-0.1, -0.05) is 0 Å². The zero-order valence-electron chi connectivity index (χ0n) is 10.8. The summed E-state index contributed by atoms with van der Waals surface area (Å²) in [5, 5.41) is -0.577. The van der Waals surface area contributed by atoms with Crippen LogP contribution in [0.25, 0.3) is 0 Å². The smallest absolute Gasteiger partial charge is 0.200 e. The Morgan fingerprint density at radius 3 is 1.16 bits per heavy atom. The SMILES string of the molecule is CC[P+](CC)(CC)c1c(F)c(F)c(F)c(F)c1F.[Au]. The van der Waals surface area contributed by atoms with Gasteiger partial charge in [0.05, 0.1) is 25.7 Å². The number of hydrogen-bond acceptors (Lipinski definition) is 0. The van der Waals surface area contributed by atoms with Crippen molar-refractivity contribution in [2.75, 3.05) is 18.5 Å². The van der Waals surface area contributed by atoms with E-state index in [4.69, 9.17) is 0 Å². The third kappa shape index (κ3) is 3.05. The summed E-state index contributed by atoms with van der Waals surface area (Å²) >= 11 is 0. The molecule has 113 valence electrons. The molecule has 0 aromatic heterocycles. The zero-order chi connectivity index (χ0) is 14.1. The molecule has 0 N–H and O–H groups in total. The number of halogens is 5. The maximum absolute atomic E-state index is 13.8. The Bertz CT molecular complexity index is 423. The van der Waals surface area contributed by atoms with Gasteiger partial charge in [0.2, 0.25) is 29.1 Å². The summed E-state index contributed by atoms with van der Waals surface area (Å²) in [6.07, 6.45) is 1.25. The van der Waals surface area contributed by atoms with Gasteiger partial charge in [-0.3, -0.25) is 0 Å². The predicted molar refractivity (Wildman–Crippen MR) is 64.4 cm³/mol. The number of hydrogen-bond donors (Lipinski definition) is 0. The molecule has 0 spiro atoms. The Labute approximate surface area is 125 Å². The molecule has 0 aliphatic rings. The molecule has 1 aromatic rings. The number of benzene rings is 1. The van der Waals surface area contributed by atoms with Gasteiger partial charge in [-0.2, -0.15) is 8.78 Å². The van der Waals surface area contributed by atoms with Crippen molar-refractivity contribution in [1.82, 2.24) is 0 Å². The summed E-state index contributed by atoms with van der Waals surface area (Å²) < 4.78 is 66.9. The van der Waals surface area contributed by atoms with Crippen molar-refractivity contribution in [3.05, 3.63) is 29.1 Å². The molecule has 0 nitrogen and oxygen atoms in total. The maximum atomic E-state index is 13.8. The van der Waals surface area contributed by atoms with E-state index in [1.807, 2.05) is 0 Å². The zero-order valence-corrected chi connectivity index (χ0v) is 13.8. The molecule has 1 rings (SSSR count). The number of rotatable bonds is 4. The van der Waals surface area contributed by atoms with Crippen molar-refractivity contribution in [2.24, 2.45) is 0 Å². The second kappa shape index (κ2) is 7.16. The van der Waals surface area contributed by atoms with E-state index < -0.39 is 41.7 Å². The minimum absolute atomic E-state index is 0. The molecule has 0 saturated carbocycles. The van der Waals surface area contributed by atoms with Crippen LogP contribution in [-0.4, -0.2) is 18.5 Å². The van der Waals surface area contributed by atoms with Gasteiger partial charge in [0.15, 0.2) is 5.30 Å². The largest absolute Gasteiger partial charge is 0.207 e. The Morgan fingerprint density at radius 2 is 0.895 bits per heavy atom. The van der Waals surface area contributed by atoms with Crippen molar-refractivity contribution in [1.29, 1.82) is 0 Å². The Hall–Kier alpha value is 0.0403. The Balaban J connectivity index is 0.00000324. The average Bonchev–Trinajstić information content (AvgIpc) is 2.39. The first-order chi connectivity index (χ1) is 8.36. The molecule has 0 amide bonds. The fourth-order valence-electron chi connectivity index (χ4n) is 2.15. The molecule has 19 heavy (non-hydrogen) atoms. The van der Waals surface area contributed by atoms with E-state index in [0.717, 1.165) is 0 Å². The molecule has 0 fully saturated rings. The van der Waals surface area contributed by atoms with E-state index in [1.165, 1.54) is 0 Å². The molecule has 0 bridgehead atoms. The van der Waals surface area contributed by atoms with Gasteiger partial charge in [-0.25, -0.2) is 13.2 Å². The van der Waals surface area contributed by atoms with Crippen LogP contribution in [0.1, 0.15) is 20.8 Å². The van der Waals surface area contributed by atoms with Crippen LogP contribution in [0.3, 0.4) is 0 Å². The molecular weight excluding hydrogens is 467 g/mol. The quantitative estimate of drug-likeness (QED) is 0.200. The molecule has 1 aromatic carbocycles. The summed E-state index contributed by atoms with van der Waals surface area (Å²) in [6, 6.07) is 0. The Kier molecular flexibility index (Phi) is 7.18. The summed E-state index contributed by atoms with van der Waals surface area (Å²) in [5.74, 6) is -9.10. The van der Waals surface area contributed by atoms with E-state index in [1.54, 1.807) is 20.8 Å². The monoisotopic (exact) mass is 482 g/mol.